The van der Waals surface area contributed by atoms with E-state index in [4.69, 9.17) is 4.99 Å². The van der Waals surface area contributed by atoms with Crippen molar-refractivity contribution in [1.82, 2.24) is 5.32 Å². The summed E-state index contributed by atoms with van der Waals surface area (Å²) in [5.74, 6) is 3.01. The molecule has 0 aromatic rings. The minimum atomic E-state index is 0.662. The molecule has 0 amide bonds. The van der Waals surface area contributed by atoms with Crippen molar-refractivity contribution in [3.05, 3.63) is 0 Å². The zero-order valence-electron chi connectivity index (χ0n) is 10.5. The maximum Gasteiger partial charge on any atom is 0.156 e. The van der Waals surface area contributed by atoms with Gasteiger partial charge in [0, 0.05) is 18.3 Å². The molecule has 1 N–H and O–H groups in total. The summed E-state index contributed by atoms with van der Waals surface area (Å²) in [5, 5.41) is 4.70. The molecule has 2 fully saturated rings. The Morgan fingerprint density at radius 3 is 2.69 bits per heavy atom. The number of nitrogens with zero attached hydrogens (tertiary/aromatic N) is 1. The molecular weight excluding hydrogens is 216 g/mol. The van der Waals surface area contributed by atoms with Crippen molar-refractivity contribution in [2.75, 3.05) is 12.3 Å². The van der Waals surface area contributed by atoms with Gasteiger partial charge < -0.3 is 5.32 Å². The molecule has 1 saturated carbocycles. The second-order valence-corrected chi connectivity index (χ2v) is 6.34. The number of thioether (sulfide) groups is 1. The standard InChI is InChI=1S/C13H24N2S/c1-3-12-9-16-13(15-12)14-8-11-6-4-10(2)5-7-11/h10-12H,3-9H2,1-2H3,(H,14,15). The van der Waals surface area contributed by atoms with Crippen molar-refractivity contribution < 1.29 is 0 Å². The lowest BCUT2D eigenvalue weighted by molar-refractivity contribution is 0.296. The molecule has 1 saturated heterocycles. The molecule has 1 aliphatic carbocycles. The van der Waals surface area contributed by atoms with Gasteiger partial charge in [-0.25, -0.2) is 0 Å². The van der Waals surface area contributed by atoms with Crippen molar-refractivity contribution in [1.29, 1.82) is 0 Å². The summed E-state index contributed by atoms with van der Waals surface area (Å²) in [6.07, 6.45) is 6.81. The Balaban J connectivity index is 1.72. The lowest BCUT2D eigenvalue weighted by atomic mass is 9.83. The van der Waals surface area contributed by atoms with Crippen molar-refractivity contribution in [2.24, 2.45) is 16.8 Å². The largest absolute Gasteiger partial charge is 0.361 e. The van der Waals surface area contributed by atoms with Crippen LogP contribution in [0.5, 0.6) is 0 Å². The van der Waals surface area contributed by atoms with Crippen LogP contribution in [0.15, 0.2) is 4.99 Å². The van der Waals surface area contributed by atoms with Crippen molar-refractivity contribution in [2.45, 2.75) is 52.0 Å². The third-order valence-corrected chi connectivity index (χ3v) is 4.96. The second kappa shape index (κ2) is 5.95. The lowest BCUT2D eigenvalue weighted by Gasteiger charge is -2.24. The van der Waals surface area contributed by atoms with E-state index in [1.54, 1.807) is 0 Å². The van der Waals surface area contributed by atoms with Gasteiger partial charge in [0.1, 0.15) is 0 Å². The molecule has 0 radical (unpaired) electrons. The van der Waals surface area contributed by atoms with Crippen LogP contribution in [0.2, 0.25) is 0 Å². The fraction of sp³-hybridized carbons (Fsp3) is 0.923. The number of nitrogens with one attached hydrogen (secondary N) is 1. The quantitative estimate of drug-likeness (QED) is 0.818. The fourth-order valence-corrected chi connectivity index (χ4v) is 3.57. The van der Waals surface area contributed by atoms with Crippen LogP contribution < -0.4 is 5.32 Å². The molecule has 2 nitrogen and oxygen atoms in total. The van der Waals surface area contributed by atoms with Gasteiger partial charge in [0.15, 0.2) is 5.17 Å². The summed E-state index contributed by atoms with van der Waals surface area (Å²) in [5.41, 5.74) is 0. The zero-order valence-corrected chi connectivity index (χ0v) is 11.4. The number of hydrogen-bond acceptors (Lipinski definition) is 2. The molecule has 0 aromatic heterocycles. The zero-order chi connectivity index (χ0) is 11.4. The smallest absolute Gasteiger partial charge is 0.156 e. The van der Waals surface area contributed by atoms with E-state index in [1.807, 2.05) is 11.8 Å². The van der Waals surface area contributed by atoms with E-state index in [1.165, 1.54) is 43.0 Å². The van der Waals surface area contributed by atoms with Crippen LogP contribution in [0.3, 0.4) is 0 Å². The second-order valence-electron chi connectivity index (χ2n) is 5.33. The summed E-state index contributed by atoms with van der Waals surface area (Å²) >= 11 is 1.90. The Morgan fingerprint density at radius 2 is 2.06 bits per heavy atom. The van der Waals surface area contributed by atoms with Gasteiger partial charge in [0.25, 0.3) is 0 Å². The van der Waals surface area contributed by atoms with E-state index >= 15 is 0 Å². The van der Waals surface area contributed by atoms with Crippen LogP contribution in [0.4, 0.5) is 0 Å². The first-order valence-corrected chi connectivity index (χ1v) is 7.70. The van der Waals surface area contributed by atoms with Gasteiger partial charge in [-0.05, 0) is 31.1 Å². The normalized spacial score (nSPS) is 37.6. The first-order chi connectivity index (χ1) is 7.78. The summed E-state index contributed by atoms with van der Waals surface area (Å²) in [7, 11) is 0. The van der Waals surface area contributed by atoms with Crippen LogP contribution >= 0.6 is 11.8 Å². The molecule has 1 atom stereocenters. The van der Waals surface area contributed by atoms with Crippen LogP contribution in [0.25, 0.3) is 0 Å². The van der Waals surface area contributed by atoms with Crippen LogP contribution in [0.1, 0.15) is 46.0 Å². The number of hydrogen-bond donors (Lipinski definition) is 1. The summed E-state index contributed by atoms with van der Waals surface area (Å²) < 4.78 is 0. The van der Waals surface area contributed by atoms with Gasteiger partial charge in [0.05, 0.1) is 0 Å². The lowest BCUT2D eigenvalue weighted by Crippen LogP contribution is -2.26. The molecule has 0 bridgehead atoms. The highest BCUT2D eigenvalue weighted by molar-refractivity contribution is 8.14. The highest BCUT2D eigenvalue weighted by atomic mass is 32.2. The van der Waals surface area contributed by atoms with Crippen LogP contribution in [0, 0.1) is 11.8 Å². The van der Waals surface area contributed by atoms with E-state index in [0.717, 1.165) is 18.4 Å². The molecule has 92 valence electrons. The molecule has 0 aromatic carbocycles. The predicted molar refractivity (Wildman–Crippen MR) is 73.1 cm³/mol. The Morgan fingerprint density at radius 1 is 1.31 bits per heavy atom. The Kier molecular flexibility index (Phi) is 4.56. The van der Waals surface area contributed by atoms with Crippen molar-refractivity contribution >= 4 is 16.9 Å². The SMILES string of the molecule is CCC1CSC(=NCC2CCC(C)CC2)N1. The van der Waals surface area contributed by atoms with E-state index in [0.29, 0.717) is 6.04 Å². The van der Waals surface area contributed by atoms with Gasteiger partial charge in [-0.1, -0.05) is 38.5 Å². The van der Waals surface area contributed by atoms with E-state index in [-0.39, 0.29) is 0 Å². The topological polar surface area (TPSA) is 24.4 Å². The molecular formula is C13H24N2S. The first-order valence-electron chi connectivity index (χ1n) is 6.71. The number of aliphatic imine (C=N–C) groups is 1. The number of amidine groups is 1. The van der Waals surface area contributed by atoms with E-state index < -0.39 is 0 Å². The van der Waals surface area contributed by atoms with Crippen LogP contribution in [-0.2, 0) is 0 Å². The van der Waals surface area contributed by atoms with Gasteiger partial charge in [0.2, 0.25) is 0 Å². The van der Waals surface area contributed by atoms with Crippen LogP contribution in [-0.4, -0.2) is 23.5 Å². The molecule has 2 aliphatic rings. The highest BCUT2D eigenvalue weighted by Gasteiger charge is 2.20. The maximum absolute atomic E-state index is 4.74. The molecule has 2 rings (SSSR count). The summed E-state index contributed by atoms with van der Waals surface area (Å²) in [6, 6.07) is 0.662. The van der Waals surface area contributed by atoms with Gasteiger partial charge >= 0.3 is 0 Å². The Hall–Kier alpha value is -0.180. The highest BCUT2D eigenvalue weighted by Crippen LogP contribution is 2.28. The predicted octanol–water partition coefficient (Wildman–Crippen LogP) is 3.28. The minimum Gasteiger partial charge on any atom is -0.361 e. The summed E-state index contributed by atoms with van der Waals surface area (Å²) in [6.45, 7) is 5.67. The van der Waals surface area contributed by atoms with Crippen molar-refractivity contribution in [3.8, 4) is 0 Å². The van der Waals surface area contributed by atoms with Gasteiger partial charge in [-0.3, -0.25) is 4.99 Å². The van der Waals surface area contributed by atoms with Gasteiger partial charge in [-0.15, -0.1) is 0 Å². The first kappa shape index (κ1) is 12.3. The number of rotatable bonds is 3. The molecule has 3 heteroatoms. The minimum absolute atomic E-state index is 0.662. The Labute approximate surface area is 104 Å². The monoisotopic (exact) mass is 240 g/mol. The third-order valence-electron chi connectivity index (χ3n) is 3.87. The average molecular weight is 240 g/mol. The molecule has 0 spiro atoms. The Bertz CT molecular complexity index is 244. The molecule has 1 aliphatic heterocycles. The summed E-state index contributed by atoms with van der Waals surface area (Å²) in [4.78, 5) is 4.74. The maximum atomic E-state index is 4.74. The van der Waals surface area contributed by atoms with Gasteiger partial charge in [-0.2, -0.15) is 0 Å². The average Bonchev–Trinajstić information content (AvgIpc) is 2.76. The molecule has 1 heterocycles. The van der Waals surface area contributed by atoms with Crippen molar-refractivity contribution in [3.63, 3.8) is 0 Å². The fourth-order valence-electron chi connectivity index (χ4n) is 2.47. The molecule has 16 heavy (non-hydrogen) atoms. The third kappa shape index (κ3) is 3.41. The van der Waals surface area contributed by atoms with E-state index in [9.17, 15) is 0 Å². The molecule has 1 unspecified atom stereocenters. The van der Waals surface area contributed by atoms with E-state index in [2.05, 4.69) is 19.2 Å².